The van der Waals surface area contributed by atoms with Crippen LogP contribution in [-0.4, -0.2) is 11.5 Å². The van der Waals surface area contributed by atoms with E-state index in [1.165, 1.54) is 17.8 Å². The van der Waals surface area contributed by atoms with Crippen molar-refractivity contribution in [2.45, 2.75) is 22.5 Å². The van der Waals surface area contributed by atoms with E-state index in [-0.39, 0.29) is 0 Å². The Kier molecular flexibility index (Phi) is 5.13. The molecule has 7 heteroatoms. The van der Waals surface area contributed by atoms with Gasteiger partial charge in [0.15, 0.2) is 0 Å². The number of pyridine rings is 1. The van der Waals surface area contributed by atoms with E-state index in [0.29, 0.717) is 23.0 Å². The van der Waals surface area contributed by atoms with Gasteiger partial charge in [0.05, 0.1) is 5.56 Å². The van der Waals surface area contributed by atoms with E-state index < -0.39 is 11.7 Å². The molecule has 0 spiro atoms. The minimum Gasteiger partial charge on any atom is -0.330 e. The highest BCUT2D eigenvalue weighted by molar-refractivity contribution is 7.99. The van der Waals surface area contributed by atoms with E-state index >= 15 is 0 Å². The van der Waals surface area contributed by atoms with Crippen molar-refractivity contribution in [2.75, 3.05) is 6.54 Å². The van der Waals surface area contributed by atoms with Crippen molar-refractivity contribution in [1.29, 1.82) is 0 Å². The van der Waals surface area contributed by atoms with Crippen molar-refractivity contribution in [3.8, 4) is 0 Å². The molecular formula is C14H12ClF3N2S. The lowest BCUT2D eigenvalue weighted by atomic mass is 10.1. The van der Waals surface area contributed by atoms with Crippen LogP contribution in [0.4, 0.5) is 13.2 Å². The number of alkyl halides is 3. The summed E-state index contributed by atoms with van der Waals surface area (Å²) in [7, 11) is 0. The molecule has 112 valence electrons. The molecule has 0 amide bonds. The second-order valence-electron chi connectivity index (χ2n) is 4.24. The molecule has 0 aliphatic rings. The van der Waals surface area contributed by atoms with Crippen LogP contribution in [0.2, 0.25) is 5.02 Å². The molecule has 0 bridgehead atoms. The van der Waals surface area contributed by atoms with Gasteiger partial charge in [-0.25, -0.2) is 4.98 Å². The lowest BCUT2D eigenvalue weighted by Gasteiger charge is -2.10. The molecule has 0 aliphatic carbocycles. The Balaban J connectivity index is 2.24. The van der Waals surface area contributed by atoms with Crippen molar-refractivity contribution in [3.63, 3.8) is 0 Å². The zero-order valence-electron chi connectivity index (χ0n) is 10.8. The van der Waals surface area contributed by atoms with Crippen LogP contribution in [0.3, 0.4) is 0 Å². The highest BCUT2D eigenvalue weighted by atomic mass is 35.5. The normalized spacial score (nSPS) is 11.7. The average molecular weight is 333 g/mol. The molecular weight excluding hydrogens is 321 g/mol. The standard InChI is InChI=1S/C14H12ClF3N2S/c15-11-2-1-3-12(10(11)6-7-19)21-13-5-4-9(8-20-13)14(16,17)18/h1-5,8H,6-7,19H2. The summed E-state index contributed by atoms with van der Waals surface area (Å²) in [6.45, 7) is 0.442. The van der Waals surface area contributed by atoms with Gasteiger partial charge in [0.1, 0.15) is 5.03 Å². The van der Waals surface area contributed by atoms with E-state index in [1.54, 1.807) is 12.1 Å². The molecule has 1 aromatic heterocycles. The molecule has 0 saturated heterocycles. The molecule has 0 radical (unpaired) electrons. The molecule has 2 nitrogen and oxygen atoms in total. The van der Waals surface area contributed by atoms with Crippen LogP contribution in [0.1, 0.15) is 11.1 Å². The second-order valence-corrected chi connectivity index (χ2v) is 5.71. The Morgan fingerprint density at radius 1 is 1.19 bits per heavy atom. The van der Waals surface area contributed by atoms with Crippen molar-refractivity contribution in [1.82, 2.24) is 4.98 Å². The Labute approximate surface area is 129 Å². The van der Waals surface area contributed by atoms with E-state index in [9.17, 15) is 13.2 Å². The molecule has 21 heavy (non-hydrogen) atoms. The Hall–Kier alpha value is -1.24. The average Bonchev–Trinajstić information content (AvgIpc) is 2.42. The van der Waals surface area contributed by atoms with Crippen LogP contribution in [-0.2, 0) is 12.6 Å². The summed E-state index contributed by atoms with van der Waals surface area (Å²) in [5.74, 6) is 0. The van der Waals surface area contributed by atoms with Crippen LogP contribution in [0.15, 0.2) is 46.5 Å². The van der Waals surface area contributed by atoms with E-state index in [2.05, 4.69) is 4.98 Å². The lowest BCUT2D eigenvalue weighted by Crippen LogP contribution is -2.05. The van der Waals surface area contributed by atoms with Gasteiger partial charge in [0.25, 0.3) is 0 Å². The van der Waals surface area contributed by atoms with E-state index in [0.717, 1.165) is 22.7 Å². The number of nitrogens with zero attached hydrogens (tertiary/aromatic N) is 1. The maximum Gasteiger partial charge on any atom is 0.417 e. The summed E-state index contributed by atoms with van der Waals surface area (Å²) in [6, 6.07) is 7.76. The number of aromatic nitrogens is 1. The van der Waals surface area contributed by atoms with Gasteiger partial charge >= 0.3 is 6.18 Å². The fourth-order valence-electron chi connectivity index (χ4n) is 1.74. The molecule has 0 aliphatic heterocycles. The van der Waals surface area contributed by atoms with Gasteiger partial charge in [0, 0.05) is 16.1 Å². The summed E-state index contributed by atoms with van der Waals surface area (Å²) >= 11 is 7.39. The molecule has 0 fully saturated rings. The van der Waals surface area contributed by atoms with Crippen LogP contribution in [0.5, 0.6) is 0 Å². The third kappa shape index (κ3) is 4.12. The zero-order chi connectivity index (χ0) is 15.5. The van der Waals surface area contributed by atoms with E-state index in [4.69, 9.17) is 17.3 Å². The van der Waals surface area contributed by atoms with Crippen molar-refractivity contribution < 1.29 is 13.2 Å². The van der Waals surface area contributed by atoms with E-state index in [1.807, 2.05) is 6.07 Å². The molecule has 1 heterocycles. The molecule has 2 aromatic rings. The quantitative estimate of drug-likeness (QED) is 0.901. The minimum atomic E-state index is -4.38. The first-order chi connectivity index (χ1) is 9.91. The van der Waals surface area contributed by atoms with Gasteiger partial charge in [-0.2, -0.15) is 13.2 Å². The van der Waals surface area contributed by atoms with Gasteiger partial charge in [-0.1, -0.05) is 29.4 Å². The summed E-state index contributed by atoms with van der Waals surface area (Å²) in [5, 5.41) is 1.07. The number of halogens is 4. The van der Waals surface area contributed by atoms with Gasteiger partial charge in [0.2, 0.25) is 0 Å². The molecule has 0 saturated carbocycles. The fraction of sp³-hybridized carbons (Fsp3) is 0.214. The molecule has 2 rings (SSSR count). The fourth-order valence-corrected chi connectivity index (χ4v) is 3.02. The Bertz CT molecular complexity index is 615. The van der Waals surface area contributed by atoms with Crippen molar-refractivity contribution >= 4 is 23.4 Å². The summed E-state index contributed by atoms with van der Waals surface area (Å²) in [6.07, 6.45) is -2.95. The highest BCUT2D eigenvalue weighted by Gasteiger charge is 2.30. The summed E-state index contributed by atoms with van der Waals surface area (Å²) in [4.78, 5) is 4.69. The van der Waals surface area contributed by atoms with Gasteiger partial charge < -0.3 is 5.73 Å². The largest absolute Gasteiger partial charge is 0.417 e. The Morgan fingerprint density at radius 3 is 2.52 bits per heavy atom. The topological polar surface area (TPSA) is 38.9 Å². The Morgan fingerprint density at radius 2 is 1.95 bits per heavy atom. The second kappa shape index (κ2) is 6.68. The SMILES string of the molecule is NCCc1c(Cl)cccc1Sc1ccc(C(F)(F)F)cn1. The number of benzene rings is 1. The van der Waals surface area contributed by atoms with Crippen LogP contribution < -0.4 is 5.73 Å². The van der Waals surface area contributed by atoms with Gasteiger partial charge in [-0.3, -0.25) is 0 Å². The number of hydrogen-bond acceptors (Lipinski definition) is 3. The minimum absolute atomic E-state index is 0.442. The summed E-state index contributed by atoms with van der Waals surface area (Å²) in [5.41, 5.74) is 5.67. The van der Waals surface area contributed by atoms with Crippen LogP contribution >= 0.6 is 23.4 Å². The van der Waals surface area contributed by atoms with Crippen LogP contribution in [0, 0.1) is 0 Å². The molecule has 1 aromatic carbocycles. The lowest BCUT2D eigenvalue weighted by molar-refractivity contribution is -0.137. The smallest absolute Gasteiger partial charge is 0.330 e. The third-order valence-electron chi connectivity index (χ3n) is 2.75. The number of nitrogens with two attached hydrogens (primary N) is 1. The first-order valence-electron chi connectivity index (χ1n) is 6.10. The molecule has 0 unspecified atom stereocenters. The van der Waals surface area contributed by atoms with Crippen molar-refractivity contribution in [3.05, 3.63) is 52.7 Å². The summed E-state index contributed by atoms with van der Waals surface area (Å²) < 4.78 is 37.5. The van der Waals surface area contributed by atoms with Gasteiger partial charge in [-0.05, 0) is 42.8 Å². The molecule has 2 N–H and O–H groups in total. The first kappa shape index (κ1) is 16.1. The maximum atomic E-state index is 12.5. The molecule has 0 atom stereocenters. The van der Waals surface area contributed by atoms with Crippen molar-refractivity contribution in [2.24, 2.45) is 5.73 Å². The van der Waals surface area contributed by atoms with Crippen LogP contribution in [0.25, 0.3) is 0 Å². The maximum absolute atomic E-state index is 12.5. The number of hydrogen-bond donors (Lipinski definition) is 1. The third-order valence-corrected chi connectivity index (χ3v) is 4.16. The predicted molar refractivity (Wildman–Crippen MR) is 77.6 cm³/mol. The predicted octanol–water partition coefficient (Wildman–Crippen LogP) is 4.41. The highest BCUT2D eigenvalue weighted by Crippen LogP contribution is 2.34. The number of rotatable bonds is 4. The zero-order valence-corrected chi connectivity index (χ0v) is 12.4. The first-order valence-corrected chi connectivity index (χ1v) is 7.30. The van der Waals surface area contributed by atoms with Gasteiger partial charge in [-0.15, -0.1) is 0 Å². The monoisotopic (exact) mass is 332 g/mol.